The molecule has 1 aliphatic rings. The van der Waals surface area contributed by atoms with E-state index < -0.39 is 0 Å². The number of aromatic nitrogens is 4. The van der Waals surface area contributed by atoms with E-state index >= 15 is 0 Å². The van der Waals surface area contributed by atoms with Crippen LogP contribution in [0.15, 0.2) is 47.4 Å². The number of carbonyl (C=O) groups excluding carboxylic acids is 2. The second-order valence-electron chi connectivity index (χ2n) is 11.2. The first-order valence-corrected chi connectivity index (χ1v) is 13.4. The van der Waals surface area contributed by atoms with Gasteiger partial charge in [-0.25, -0.2) is 9.97 Å². The van der Waals surface area contributed by atoms with E-state index in [1.807, 2.05) is 76.0 Å². The first kappa shape index (κ1) is 28.9. The number of hydrogen-bond donors (Lipinski definition) is 1. The first-order chi connectivity index (χ1) is 19.0. The molecule has 0 bridgehead atoms. The number of rotatable bonds is 8. The zero-order valence-corrected chi connectivity index (χ0v) is 24.1. The molecule has 0 atom stereocenters. The number of benzene rings is 1. The summed E-state index contributed by atoms with van der Waals surface area (Å²) in [5.41, 5.74) is 4.40. The summed E-state index contributed by atoms with van der Waals surface area (Å²) in [6.45, 7) is 11.6. The monoisotopic (exact) mass is 546 g/mol. The van der Waals surface area contributed by atoms with Crippen LogP contribution in [-0.4, -0.2) is 88.5 Å². The van der Waals surface area contributed by atoms with E-state index in [1.165, 1.54) is 0 Å². The van der Waals surface area contributed by atoms with Crippen molar-refractivity contribution >= 4 is 17.5 Å². The molecule has 0 spiro atoms. The van der Waals surface area contributed by atoms with E-state index in [0.717, 1.165) is 34.6 Å². The van der Waals surface area contributed by atoms with Crippen LogP contribution in [0, 0.1) is 6.92 Å². The molecule has 2 amide bonds. The zero-order chi connectivity index (χ0) is 28.9. The summed E-state index contributed by atoms with van der Waals surface area (Å²) in [7, 11) is 3.95. The van der Waals surface area contributed by atoms with E-state index in [9.17, 15) is 9.59 Å². The summed E-state index contributed by atoms with van der Waals surface area (Å²) in [5, 5.41) is 6.69. The fourth-order valence-electron chi connectivity index (χ4n) is 4.33. The van der Waals surface area contributed by atoms with Crippen LogP contribution >= 0.6 is 0 Å². The summed E-state index contributed by atoms with van der Waals surface area (Å²) in [6.07, 6.45) is 6.93. The molecule has 11 nitrogen and oxygen atoms in total. The molecule has 0 radical (unpaired) electrons. The van der Waals surface area contributed by atoms with E-state index in [2.05, 4.69) is 36.4 Å². The highest BCUT2D eigenvalue weighted by atomic mass is 16.5. The Morgan fingerprint density at radius 3 is 2.55 bits per heavy atom. The number of aryl methyl sites for hydroxylation is 1. The van der Waals surface area contributed by atoms with Crippen molar-refractivity contribution in [3.63, 3.8) is 0 Å². The minimum Gasteiger partial charge on any atom is -0.365 e. The normalized spacial score (nSPS) is 14.3. The zero-order valence-electron chi connectivity index (χ0n) is 24.1. The van der Waals surface area contributed by atoms with Gasteiger partial charge in [0.2, 0.25) is 11.8 Å². The maximum absolute atomic E-state index is 12.6. The third-order valence-corrected chi connectivity index (χ3v) is 6.68. The average Bonchev–Trinajstić information content (AvgIpc) is 3.44. The van der Waals surface area contributed by atoms with Crippen molar-refractivity contribution in [1.82, 2.24) is 35.2 Å². The van der Waals surface area contributed by atoms with Gasteiger partial charge in [-0.2, -0.15) is 4.98 Å². The lowest BCUT2D eigenvalue weighted by Crippen LogP contribution is -2.48. The molecule has 4 rings (SSSR count). The van der Waals surface area contributed by atoms with Gasteiger partial charge in [0.05, 0.1) is 17.6 Å². The minimum atomic E-state index is -0.383. The van der Waals surface area contributed by atoms with Gasteiger partial charge >= 0.3 is 0 Å². The van der Waals surface area contributed by atoms with Crippen molar-refractivity contribution in [3.8, 4) is 11.3 Å². The molecular weight excluding hydrogens is 508 g/mol. The van der Waals surface area contributed by atoms with Gasteiger partial charge in [0.15, 0.2) is 0 Å². The predicted octanol–water partition coefficient (Wildman–Crippen LogP) is 2.83. The van der Waals surface area contributed by atoms with Crippen molar-refractivity contribution in [2.45, 2.75) is 39.7 Å². The Morgan fingerprint density at radius 2 is 1.90 bits per heavy atom. The highest BCUT2D eigenvalue weighted by Crippen LogP contribution is 2.30. The van der Waals surface area contributed by atoms with Crippen LogP contribution in [0.25, 0.3) is 11.3 Å². The molecule has 11 heteroatoms. The first-order valence-electron chi connectivity index (χ1n) is 13.4. The van der Waals surface area contributed by atoms with E-state index in [4.69, 9.17) is 4.52 Å². The van der Waals surface area contributed by atoms with Crippen LogP contribution in [-0.2, 0) is 16.8 Å². The quantitative estimate of drug-likeness (QED) is 0.425. The number of nitrogens with zero attached hydrogens (tertiary/aromatic N) is 7. The predicted molar refractivity (Wildman–Crippen MR) is 153 cm³/mol. The van der Waals surface area contributed by atoms with E-state index in [0.29, 0.717) is 38.6 Å². The lowest BCUT2D eigenvalue weighted by atomic mass is 9.97. The van der Waals surface area contributed by atoms with Gasteiger partial charge in [-0.15, -0.1) is 0 Å². The maximum atomic E-state index is 12.6. The summed E-state index contributed by atoms with van der Waals surface area (Å²) in [5.74, 6) is 0.102. The number of carbonyl (C=O) groups is 2. The summed E-state index contributed by atoms with van der Waals surface area (Å²) >= 11 is 0. The summed E-state index contributed by atoms with van der Waals surface area (Å²) in [4.78, 5) is 44.3. The Hall–Kier alpha value is -4.12. The third-order valence-electron chi connectivity index (χ3n) is 6.68. The van der Waals surface area contributed by atoms with Gasteiger partial charge in [-0.05, 0) is 38.2 Å². The van der Waals surface area contributed by atoms with Crippen LogP contribution < -0.4 is 10.2 Å². The van der Waals surface area contributed by atoms with Crippen molar-refractivity contribution in [2.75, 3.05) is 51.7 Å². The van der Waals surface area contributed by atoms with Gasteiger partial charge in [0.25, 0.3) is 11.7 Å². The molecule has 0 saturated carbocycles. The number of likely N-dealkylation sites (N-methyl/N-ethyl adjacent to an activating group) is 1. The average molecular weight is 547 g/mol. The fourth-order valence-corrected chi connectivity index (χ4v) is 4.33. The molecule has 1 aromatic carbocycles. The Kier molecular flexibility index (Phi) is 8.93. The second-order valence-corrected chi connectivity index (χ2v) is 11.2. The molecule has 1 saturated heterocycles. The molecule has 1 N–H and O–H groups in total. The van der Waals surface area contributed by atoms with Gasteiger partial charge in [-0.3, -0.25) is 9.59 Å². The standard InChI is InChI=1S/C29H38N8O3/c1-20-16-21(9-10-22(20)17-31-27(39)26-33-28(40-34-26)29(2,3)4)25-23(18-30-19-32-25)36-12-14-37(15-13-36)24(38)8-7-11-35(5)6/h7-10,16,18-19H,11-15,17H2,1-6H3,(H,31,39)/b8-7+. The van der Waals surface area contributed by atoms with Crippen LogP contribution in [0.3, 0.4) is 0 Å². The van der Waals surface area contributed by atoms with Crippen LogP contribution in [0.2, 0.25) is 0 Å². The topological polar surface area (TPSA) is 121 Å². The lowest BCUT2D eigenvalue weighted by molar-refractivity contribution is -0.126. The molecule has 40 heavy (non-hydrogen) atoms. The molecule has 2 aromatic heterocycles. The smallest absolute Gasteiger partial charge is 0.292 e. The Balaban J connectivity index is 1.40. The highest BCUT2D eigenvalue weighted by molar-refractivity contribution is 5.90. The Labute approximate surface area is 235 Å². The molecule has 1 fully saturated rings. The fraction of sp³-hybridized carbons (Fsp3) is 0.448. The van der Waals surface area contributed by atoms with Crippen LogP contribution in [0.1, 0.15) is 48.4 Å². The van der Waals surface area contributed by atoms with Crippen molar-refractivity contribution in [3.05, 3.63) is 65.7 Å². The van der Waals surface area contributed by atoms with Gasteiger partial charge in [0.1, 0.15) is 6.33 Å². The highest BCUT2D eigenvalue weighted by Gasteiger charge is 2.25. The number of piperazine rings is 1. The van der Waals surface area contributed by atoms with E-state index in [1.54, 1.807) is 12.4 Å². The largest absolute Gasteiger partial charge is 0.365 e. The van der Waals surface area contributed by atoms with Crippen LogP contribution in [0.5, 0.6) is 0 Å². The molecule has 212 valence electrons. The molecule has 3 heterocycles. The van der Waals surface area contributed by atoms with E-state index in [-0.39, 0.29) is 23.1 Å². The van der Waals surface area contributed by atoms with Gasteiger partial charge < -0.3 is 24.5 Å². The molecule has 3 aromatic rings. The van der Waals surface area contributed by atoms with Crippen LogP contribution in [0.4, 0.5) is 5.69 Å². The number of hydrogen-bond acceptors (Lipinski definition) is 9. The molecule has 0 unspecified atom stereocenters. The SMILES string of the molecule is Cc1cc(-c2ncncc2N2CCN(C(=O)/C=C/CN(C)C)CC2)ccc1CNC(=O)c1noc(C(C)(C)C)n1. The maximum Gasteiger partial charge on any atom is 0.292 e. The summed E-state index contributed by atoms with van der Waals surface area (Å²) < 4.78 is 5.23. The third kappa shape index (κ3) is 7.09. The minimum absolute atomic E-state index is 0.0243. The van der Waals surface area contributed by atoms with Crippen molar-refractivity contribution in [1.29, 1.82) is 0 Å². The Morgan fingerprint density at radius 1 is 1.15 bits per heavy atom. The number of amides is 2. The van der Waals surface area contributed by atoms with Crippen molar-refractivity contribution < 1.29 is 14.1 Å². The molecule has 1 aliphatic heterocycles. The molecule has 0 aliphatic carbocycles. The Bertz CT molecular complexity index is 1370. The lowest BCUT2D eigenvalue weighted by Gasteiger charge is -2.36. The van der Waals surface area contributed by atoms with Crippen molar-refractivity contribution in [2.24, 2.45) is 0 Å². The van der Waals surface area contributed by atoms with Gasteiger partial charge in [0, 0.05) is 56.3 Å². The number of anilines is 1. The second kappa shape index (κ2) is 12.4. The van der Waals surface area contributed by atoms with Gasteiger partial charge in [-0.1, -0.05) is 44.1 Å². The number of nitrogens with one attached hydrogen (secondary N) is 1. The summed E-state index contributed by atoms with van der Waals surface area (Å²) in [6, 6.07) is 6.06. The molecular formula is C29H38N8O3.